The van der Waals surface area contributed by atoms with Crippen LogP contribution in [0.4, 0.5) is 0 Å². The van der Waals surface area contributed by atoms with Crippen molar-refractivity contribution in [2.75, 3.05) is 20.8 Å². The number of hydrogen-bond acceptors (Lipinski definition) is 4. The molecule has 0 N–H and O–H groups in total. The lowest BCUT2D eigenvalue weighted by atomic mass is 10.5. The third-order valence-corrected chi connectivity index (χ3v) is 1.68. The SMILES string of the molecule is CCO[13C](=O)/[13C](C)=C/C=C/C(OC)OC. The first-order valence-electron chi connectivity index (χ1n) is 4.73. The van der Waals surface area contributed by atoms with E-state index in [0.29, 0.717) is 12.2 Å². The summed E-state index contributed by atoms with van der Waals surface area (Å²) in [5.41, 5.74) is 0.541. The minimum atomic E-state index is -0.392. The van der Waals surface area contributed by atoms with Crippen LogP contribution in [0.5, 0.6) is 0 Å². The molecule has 0 aromatic rings. The fraction of sp³-hybridized carbons (Fsp3) is 0.545. The van der Waals surface area contributed by atoms with E-state index < -0.39 is 6.29 Å². The minimum absolute atomic E-state index is 0.312. The molecule has 0 aromatic carbocycles. The van der Waals surface area contributed by atoms with Gasteiger partial charge in [0.25, 0.3) is 0 Å². The van der Waals surface area contributed by atoms with Gasteiger partial charge in [0, 0.05) is 19.8 Å². The summed E-state index contributed by atoms with van der Waals surface area (Å²) in [7, 11) is 3.08. The van der Waals surface area contributed by atoms with Crippen molar-refractivity contribution < 1.29 is 19.0 Å². The van der Waals surface area contributed by atoms with Gasteiger partial charge in [-0.3, -0.25) is 0 Å². The zero-order valence-electron chi connectivity index (χ0n) is 9.65. The summed E-state index contributed by atoms with van der Waals surface area (Å²) < 4.78 is 14.7. The largest absolute Gasteiger partial charge is 0.463 e. The van der Waals surface area contributed by atoms with Gasteiger partial charge in [0.15, 0.2) is 6.29 Å². The van der Waals surface area contributed by atoms with Gasteiger partial charge in [-0.25, -0.2) is 4.79 Å². The van der Waals surface area contributed by atoms with E-state index in [1.165, 1.54) is 0 Å². The molecular weight excluding hydrogens is 198 g/mol. The van der Waals surface area contributed by atoms with Gasteiger partial charge in [-0.2, -0.15) is 0 Å². The molecule has 0 aliphatic heterocycles. The zero-order valence-corrected chi connectivity index (χ0v) is 9.65. The van der Waals surface area contributed by atoms with Crippen LogP contribution in [0.2, 0.25) is 0 Å². The summed E-state index contributed by atoms with van der Waals surface area (Å²) in [5.74, 6) is -0.312. The molecule has 4 nitrogen and oxygen atoms in total. The highest BCUT2D eigenvalue weighted by Crippen LogP contribution is 1.99. The first-order valence-corrected chi connectivity index (χ1v) is 4.73. The quantitative estimate of drug-likeness (QED) is 0.223. The van der Waals surface area contributed by atoms with Crippen LogP contribution in [0, 0.1) is 0 Å². The number of esters is 1. The highest BCUT2D eigenvalue weighted by atomic mass is 16.7. The molecular formula is C11H18O4. The van der Waals surface area contributed by atoms with Gasteiger partial charge in [-0.05, 0) is 19.9 Å². The number of rotatable bonds is 6. The van der Waals surface area contributed by atoms with Gasteiger partial charge in [-0.15, -0.1) is 0 Å². The Labute approximate surface area is 90.5 Å². The predicted molar refractivity (Wildman–Crippen MR) is 57.3 cm³/mol. The summed E-state index contributed by atoms with van der Waals surface area (Å²) >= 11 is 0. The molecule has 4 heteroatoms. The molecule has 0 spiro atoms. The third-order valence-electron chi connectivity index (χ3n) is 1.68. The Hall–Kier alpha value is -1.13. The molecule has 0 unspecified atom stereocenters. The van der Waals surface area contributed by atoms with Crippen LogP contribution < -0.4 is 0 Å². The minimum Gasteiger partial charge on any atom is -0.463 e. The lowest BCUT2D eigenvalue weighted by Crippen LogP contribution is -2.08. The summed E-state index contributed by atoms with van der Waals surface area (Å²) in [6.07, 6.45) is 4.66. The second-order valence-corrected chi connectivity index (χ2v) is 2.79. The molecule has 0 aliphatic carbocycles. The van der Waals surface area contributed by atoms with Gasteiger partial charge >= 0.3 is 5.97 Å². The van der Waals surface area contributed by atoms with E-state index in [1.807, 2.05) is 0 Å². The van der Waals surface area contributed by atoms with E-state index in [-0.39, 0.29) is 5.97 Å². The summed E-state index contributed by atoms with van der Waals surface area (Å²) in [6, 6.07) is 0. The Morgan fingerprint density at radius 1 is 1.33 bits per heavy atom. The third kappa shape index (κ3) is 6.04. The summed E-state index contributed by atoms with van der Waals surface area (Å²) in [5, 5.41) is 0. The Morgan fingerprint density at radius 2 is 1.93 bits per heavy atom. The molecule has 86 valence electrons. The summed E-state index contributed by atoms with van der Waals surface area (Å²) in [6.45, 7) is 3.84. The molecule has 0 fully saturated rings. The Balaban J connectivity index is 4.19. The van der Waals surface area contributed by atoms with E-state index in [4.69, 9.17) is 14.2 Å². The van der Waals surface area contributed by atoms with Crippen LogP contribution in [0.3, 0.4) is 0 Å². The molecule has 0 bridgehead atoms. The van der Waals surface area contributed by atoms with Crippen LogP contribution in [-0.4, -0.2) is 33.1 Å². The molecule has 0 rings (SSSR count). The lowest BCUT2D eigenvalue weighted by molar-refractivity contribution is -0.138. The average Bonchev–Trinajstić information content (AvgIpc) is 2.24. The Bertz CT molecular complexity index is 239. The van der Waals surface area contributed by atoms with Crippen LogP contribution >= 0.6 is 0 Å². The van der Waals surface area contributed by atoms with Crippen LogP contribution in [0.1, 0.15) is 13.8 Å². The Morgan fingerprint density at radius 3 is 2.40 bits per heavy atom. The van der Waals surface area contributed by atoms with E-state index >= 15 is 0 Å². The maximum Gasteiger partial charge on any atom is 0.333 e. The van der Waals surface area contributed by atoms with Gasteiger partial charge in [0.05, 0.1) is 6.61 Å². The Kier molecular flexibility index (Phi) is 7.58. The maximum atomic E-state index is 11.2. The van der Waals surface area contributed by atoms with Gasteiger partial charge in [-0.1, -0.05) is 12.2 Å². The number of methoxy groups -OCH3 is 2. The van der Waals surface area contributed by atoms with Gasteiger partial charge < -0.3 is 14.2 Å². The van der Waals surface area contributed by atoms with Crippen molar-refractivity contribution in [1.29, 1.82) is 0 Å². The fourth-order valence-corrected chi connectivity index (χ4v) is 0.857. The molecule has 0 atom stereocenters. The van der Waals surface area contributed by atoms with Gasteiger partial charge in [0.1, 0.15) is 0 Å². The highest BCUT2D eigenvalue weighted by molar-refractivity contribution is 5.88. The van der Waals surface area contributed by atoms with Crippen molar-refractivity contribution in [3.05, 3.63) is 23.8 Å². The summed E-state index contributed by atoms with van der Waals surface area (Å²) in [4.78, 5) is 11.2. The smallest absolute Gasteiger partial charge is 0.333 e. The van der Waals surface area contributed by atoms with Crippen molar-refractivity contribution in [2.24, 2.45) is 0 Å². The van der Waals surface area contributed by atoms with E-state index in [0.717, 1.165) is 0 Å². The zero-order chi connectivity index (χ0) is 11.7. The fourth-order valence-electron chi connectivity index (χ4n) is 0.857. The average molecular weight is 216 g/mol. The first-order chi connectivity index (χ1) is 7.15. The molecule has 0 saturated heterocycles. The second kappa shape index (κ2) is 8.20. The molecule has 0 aromatic heterocycles. The van der Waals surface area contributed by atoms with Crippen LogP contribution in [-0.2, 0) is 19.0 Å². The lowest BCUT2D eigenvalue weighted by Gasteiger charge is -2.06. The number of carbonyl (C=O) groups is 1. The molecule has 0 aliphatic rings. The van der Waals surface area contributed by atoms with Crippen molar-refractivity contribution in [2.45, 2.75) is 20.1 Å². The van der Waals surface area contributed by atoms with Gasteiger partial charge in [0.2, 0.25) is 0 Å². The van der Waals surface area contributed by atoms with E-state index in [9.17, 15) is 4.79 Å². The highest BCUT2D eigenvalue weighted by Gasteiger charge is 2.02. The monoisotopic (exact) mass is 216 g/mol. The predicted octanol–water partition coefficient (Wildman–Crippen LogP) is 1.67. The van der Waals surface area contributed by atoms with Crippen LogP contribution in [0.25, 0.3) is 0 Å². The number of hydrogen-bond donors (Lipinski definition) is 0. The normalized spacial score (nSPS) is 12.5. The maximum absolute atomic E-state index is 11.2. The topological polar surface area (TPSA) is 44.8 Å². The second-order valence-electron chi connectivity index (χ2n) is 2.79. The molecule has 15 heavy (non-hydrogen) atoms. The standard InChI is InChI=1S/C11H18O4/c1-5-15-11(12)9(2)7-6-8-10(13-3)14-4/h6-8,10H,5H2,1-4H3/b8-6+,9-7+/i9+1,11+1. The number of ether oxygens (including phenoxy) is 3. The first kappa shape index (κ1) is 13.9. The van der Waals surface area contributed by atoms with Crippen molar-refractivity contribution in [1.82, 2.24) is 0 Å². The van der Waals surface area contributed by atoms with Crippen molar-refractivity contribution in [3.63, 3.8) is 0 Å². The van der Waals surface area contributed by atoms with Crippen molar-refractivity contribution >= 4 is 5.97 Å². The molecule has 0 heterocycles. The van der Waals surface area contributed by atoms with E-state index in [1.54, 1.807) is 46.3 Å². The molecule has 0 saturated carbocycles. The van der Waals surface area contributed by atoms with E-state index in [2.05, 4.69) is 0 Å². The van der Waals surface area contributed by atoms with Crippen LogP contribution in [0.15, 0.2) is 23.8 Å². The van der Waals surface area contributed by atoms with Crippen molar-refractivity contribution in [3.8, 4) is 0 Å². The number of allylic oxidation sites excluding steroid dienone is 2. The molecule has 0 radical (unpaired) electrons. The number of carbonyl (C=O) groups excluding carboxylic acids is 1. The molecule has 0 amide bonds.